The third kappa shape index (κ3) is 6.06. The van der Waals surface area contributed by atoms with E-state index in [1.54, 1.807) is 6.07 Å². The lowest BCUT2D eigenvalue weighted by Gasteiger charge is -2.22. The zero-order valence-electron chi connectivity index (χ0n) is 15.9. The summed E-state index contributed by atoms with van der Waals surface area (Å²) in [6.07, 6.45) is 0. The Balaban J connectivity index is 2.47. The number of azo groups is 1. The Morgan fingerprint density at radius 1 is 1.10 bits per heavy atom. The molecular weight excluding hydrogens is 531 g/mol. The number of nitrogens with one attached hydrogen (secondary N) is 1. The van der Waals surface area contributed by atoms with Gasteiger partial charge in [-0.3, -0.25) is 4.79 Å². The van der Waals surface area contributed by atoms with Gasteiger partial charge in [-0.15, -0.1) is 14.1 Å². The van der Waals surface area contributed by atoms with Crippen LogP contribution in [0.4, 0.5) is 26.6 Å². The smallest absolute Gasteiger partial charge is 0.332 e. The minimum atomic E-state index is -4.85. The van der Waals surface area contributed by atoms with Gasteiger partial charge in [0, 0.05) is 34.6 Å². The Morgan fingerprint density at radius 2 is 1.69 bits per heavy atom. The van der Waals surface area contributed by atoms with E-state index in [9.17, 15) is 17.1 Å². The van der Waals surface area contributed by atoms with Crippen LogP contribution < -0.4 is 10.2 Å². The molecule has 11 heteroatoms. The number of anilines is 2. The molecule has 0 aliphatic heterocycles. The van der Waals surface area contributed by atoms with Crippen LogP contribution in [0.25, 0.3) is 0 Å². The second kappa shape index (κ2) is 9.77. The summed E-state index contributed by atoms with van der Waals surface area (Å²) in [4.78, 5) is 13.2. The quantitative estimate of drug-likeness (QED) is 0.334. The van der Waals surface area contributed by atoms with Crippen molar-refractivity contribution in [3.05, 3.63) is 39.3 Å². The van der Waals surface area contributed by atoms with Crippen molar-refractivity contribution >= 4 is 70.7 Å². The van der Waals surface area contributed by atoms with Crippen LogP contribution in [-0.4, -0.2) is 27.4 Å². The molecule has 29 heavy (non-hydrogen) atoms. The Hall–Kier alpha value is -1.85. The van der Waals surface area contributed by atoms with Crippen molar-refractivity contribution in [3.63, 3.8) is 0 Å². The normalized spacial score (nSPS) is 11.7. The van der Waals surface area contributed by atoms with Gasteiger partial charge in [-0.1, -0.05) is 0 Å². The molecular formula is C18H19Br2FN4O3S. The second-order valence-electron chi connectivity index (χ2n) is 5.93. The molecule has 2 aromatic rings. The van der Waals surface area contributed by atoms with E-state index >= 15 is 0 Å². The lowest BCUT2D eigenvalue weighted by molar-refractivity contribution is -0.114. The summed E-state index contributed by atoms with van der Waals surface area (Å²) in [5.74, 6) is -0.252. The number of hydrogen-bond acceptors (Lipinski definition) is 6. The molecule has 156 valence electrons. The molecule has 2 rings (SSSR count). The maximum absolute atomic E-state index is 13.2. The van der Waals surface area contributed by atoms with Gasteiger partial charge in [-0.25, -0.2) is 0 Å². The van der Waals surface area contributed by atoms with Crippen molar-refractivity contribution < 1.29 is 17.1 Å². The van der Waals surface area contributed by atoms with Crippen LogP contribution in [0, 0.1) is 0 Å². The Kier molecular flexibility index (Phi) is 7.89. The number of rotatable bonds is 7. The maximum Gasteiger partial charge on any atom is 0.332 e. The van der Waals surface area contributed by atoms with Crippen LogP contribution in [0.1, 0.15) is 20.8 Å². The number of benzene rings is 2. The summed E-state index contributed by atoms with van der Waals surface area (Å²) in [6, 6.07) is 7.62. The van der Waals surface area contributed by atoms with Crippen LogP contribution >= 0.6 is 31.9 Å². The molecule has 0 spiro atoms. The summed E-state index contributed by atoms with van der Waals surface area (Å²) in [5.41, 5.74) is 2.11. The van der Waals surface area contributed by atoms with Gasteiger partial charge in [0.25, 0.3) is 0 Å². The number of carbonyl (C=O) groups excluding carboxylic acids is 1. The van der Waals surface area contributed by atoms with E-state index in [0.717, 1.165) is 30.9 Å². The first-order chi connectivity index (χ1) is 13.6. The third-order valence-electron chi connectivity index (χ3n) is 3.95. The van der Waals surface area contributed by atoms with Crippen LogP contribution in [0.15, 0.2) is 54.4 Å². The predicted molar refractivity (Wildman–Crippen MR) is 119 cm³/mol. The number of halogens is 3. The van der Waals surface area contributed by atoms with Crippen LogP contribution in [0.2, 0.25) is 0 Å². The van der Waals surface area contributed by atoms with Crippen LogP contribution in [-0.2, 0) is 15.0 Å². The van der Waals surface area contributed by atoms with Crippen molar-refractivity contribution in [2.45, 2.75) is 25.7 Å². The van der Waals surface area contributed by atoms with Gasteiger partial charge in [0.05, 0.1) is 5.69 Å². The zero-order valence-corrected chi connectivity index (χ0v) is 19.9. The minimum absolute atomic E-state index is 0.243. The molecule has 2 aromatic carbocycles. The van der Waals surface area contributed by atoms with Crippen LogP contribution in [0.5, 0.6) is 0 Å². The fourth-order valence-electron chi connectivity index (χ4n) is 2.57. The summed E-state index contributed by atoms with van der Waals surface area (Å²) in [5, 5.41) is 11.1. The molecule has 0 saturated carbocycles. The topological polar surface area (TPSA) is 91.2 Å². The predicted octanol–water partition coefficient (Wildman–Crippen LogP) is 6.09. The van der Waals surface area contributed by atoms with E-state index in [1.807, 2.05) is 26.0 Å². The molecule has 0 unspecified atom stereocenters. The Bertz CT molecular complexity index is 1030. The molecule has 1 amide bonds. The molecule has 0 aromatic heterocycles. The minimum Gasteiger partial charge on any atom is -0.372 e. The molecule has 0 aliphatic rings. The Morgan fingerprint density at radius 3 is 2.17 bits per heavy atom. The maximum atomic E-state index is 13.2. The molecule has 0 radical (unpaired) electrons. The van der Waals surface area contributed by atoms with Crippen molar-refractivity contribution in [1.29, 1.82) is 0 Å². The first kappa shape index (κ1) is 23.4. The van der Waals surface area contributed by atoms with E-state index in [-0.39, 0.29) is 20.5 Å². The number of carbonyl (C=O) groups is 1. The average Bonchev–Trinajstić information content (AvgIpc) is 2.62. The lowest BCUT2D eigenvalue weighted by atomic mass is 10.2. The monoisotopic (exact) mass is 548 g/mol. The van der Waals surface area contributed by atoms with Gasteiger partial charge in [0.15, 0.2) is 0 Å². The van der Waals surface area contributed by atoms with E-state index < -0.39 is 15.1 Å². The molecule has 0 aliphatic carbocycles. The van der Waals surface area contributed by atoms with Gasteiger partial charge in [0.2, 0.25) is 5.91 Å². The molecule has 0 fully saturated rings. The van der Waals surface area contributed by atoms with Crippen molar-refractivity contribution in [3.8, 4) is 0 Å². The highest BCUT2D eigenvalue weighted by Crippen LogP contribution is 2.39. The highest BCUT2D eigenvalue weighted by atomic mass is 79.9. The van der Waals surface area contributed by atoms with Crippen LogP contribution in [0.3, 0.4) is 0 Å². The number of amides is 1. The van der Waals surface area contributed by atoms with Gasteiger partial charge in [-0.05, 0) is 76.0 Å². The van der Waals surface area contributed by atoms with Gasteiger partial charge < -0.3 is 10.2 Å². The molecule has 0 atom stereocenters. The Labute approximate surface area is 185 Å². The first-order valence-corrected chi connectivity index (χ1v) is 11.6. The number of hydrogen-bond donors (Lipinski definition) is 1. The SMILES string of the molecule is CCN(CC)c1ccc(/N=N/c2c(Br)cc(S(=O)(=O)F)cc2Br)c(NC(C)=O)c1. The average molecular weight is 550 g/mol. The largest absolute Gasteiger partial charge is 0.372 e. The highest BCUT2D eigenvalue weighted by molar-refractivity contribution is 9.11. The highest BCUT2D eigenvalue weighted by Gasteiger charge is 2.17. The van der Waals surface area contributed by atoms with Crippen molar-refractivity contribution in [1.82, 2.24) is 0 Å². The standard InChI is InChI=1S/C18H19Br2FN4O3S/c1-4-25(5-2)12-6-7-16(17(8-12)22-11(3)26)23-24-18-14(19)9-13(10-15(18)20)29(21,27)28/h6-10H,4-5H2,1-3H3,(H,22,26)/b24-23+. The second-order valence-corrected chi connectivity index (χ2v) is 8.98. The van der Waals surface area contributed by atoms with Gasteiger partial charge in [-0.2, -0.15) is 8.42 Å². The number of nitrogens with zero attached hydrogens (tertiary/aromatic N) is 3. The van der Waals surface area contributed by atoms with E-state index in [4.69, 9.17) is 0 Å². The molecule has 0 bridgehead atoms. The van der Waals surface area contributed by atoms with E-state index in [1.165, 1.54) is 6.92 Å². The summed E-state index contributed by atoms with van der Waals surface area (Å²) < 4.78 is 35.9. The van der Waals surface area contributed by atoms with Gasteiger partial charge in [0.1, 0.15) is 16.3 Å². The summed E-state index contributed by atoms with van der Waals surface area (Å²) in [7, 11) is -4.85. The van der Waals surface area contributed by atoms with Crippen molar-refractivity contribution in [2.24, 2.45) is 10.2 Å². The third-order valence-corrected chi connectivity index (χ3v) is 5.96. The lowest BCUT2D eigenvalue weighted by Crippen LogP contribution is -2.21. The molecule has 0 saturated heterocycles. The zero-order chi connectivity index (χ0) is 21.8. The van der Waals surface area contributed by atoms with E-state index in [2.05, 4.69) is 52.3 Å². The van der Waals surface area contributed by atoms with E-state index in [0.29, 0.717) is 11.4 Å². The van der Waals surface area contributed by atoms with Gasteiger partial charge >= 0.3 is 10.2 Å². The van der Waals surface area contributed by atoms with Crippen molar-refractivity contribution in [2.75, 3.05) is 23.3 Å². The first-order valence-electron chi connectivity index (χ1n) is 8.58. The fourth-order valence-corrected chi connectivity index (χ4v) is 4.73. The summed E-state index contributed by atoms with van der Waals surface area (Å²) in [6.45, 7) is 7.08. The molecule has 1 N–H and O–H groups in total. The molecule has 7 nitrogen and oxygen atoms in total. The fraction of sp³-hybridized carbons (Fsp3) is 0.278. The molecule has 0 heterocycles. The summed E-state index contributed by atoms with van der Waals surface area (Å²) >= 11 is 6.36.